The van der Waals surface area contributed by atoms with Gasteiger partial charge in [0.05, 0.1) is 12.5 Å². The van der Waals surface area contributed by atoms with Gasteiger partial charge in [0.25, 0.3) is 0 Å². The van der Waals surface area contributed by atoms with E-state index in [-0.39, 0.29) is 24.5 Å². The summed E-state index contributed by atoms with van der Waals surface area (Å²) < 4.78 is 16.5. The highest BCUT2D eigenvalue weighted by Crippen LogP contribution is 2.44. The summed E-state index contributed by atoms with van der Waals surface area (Å²) in [5, 5.41) is 0. The number of hydrogen-bond donors (Lipinski definition) is 0. The molecule has 132 valence electrons. The lowest BCUT2D eigenvalue weighted by molar-refractivity contribution is -0.146. The SMILES string of the molecule is CCCCC(=O)OCC1(c2ccc(C)cc2OC(=O)C(C)C)CO1. The van der Waals surface area contributed by atoms with Crippen LogP contribution in [0, 0.1) is 12.8 Å². The maximum atomic E-state index is 12.0. The third kappa shape index (κ3) is 4.57. The predicted octanol–water partition coefficient (Wildman–Crippen LogP) is 3.52. The Morgan fingerprint density at radius 2 is 2.04 bits per heavy atom. The van der Waals surface area contributed by atoms with Crippen LogP contribution in [-0.4, -0.2) is 25.2 Å². The summed E-state index contributed by atoms with van der Waals surface area (Å²) in [5.74, 6) is -0.255. The van der Waals surface area contributed by atoms with E-state index in [4.69, 9.17) is 14.2 Å². The minimum absolute atomic E-state index is 0.144. The van der Waals surface area contributed by atoms with Crippen LogP contribution in [0.1, 0.15) is 51.2 Å². The molecule has 1 aromatic carbocycles. The zero-order valence-corrected chi connectivity index (χ0v) is 14.9. The van der Waals surface area contributed by atoms with Crippen LogP contribution < -0.4 is 4.74 Å². The number of carbonyl (C=O) groups is 2. The highest BCUT2D eigenvalue weighted by molar-refractivity contribution is 5.75. The molecule has 0 aromatic heterocycles. The van der Waals surface area contributed by atoms with Gasteiger partial charge in [-0.15, -0.1) is 0 Å². The third-order valence-electron chi connectivity index (χ3n) is 4.00. The average molecular weight is 334 g/mol. The lowest BCUT2D eigenvalue weighted by Gasteiger charge is -2.18. The zero-order valence-electron chi connectivity index (χ0n) is 14.9. The normalized spacial score (nSPS) is 19.2. The van der Waals surface area contributed by atoms with Gasteiger partial charge in [0.15, 0.2) is 5.60 Å². The minimum Gasteiger partial charge on any atom is -0.462 e. The molecule has 0 saturated carbocycles. The first-order valence-electron chi connectivity index (χ1n) is 8.50. The second kappa shape index (κ2) is 7.79. The maximum Gasteiger partial charge on any atom is 0.313 e. The van der Waals surface area contributed by atoms with Gasteiger partial charge in [-0.25, -0.2) is 0 Å². The van der Waals surface area contributed by atoms with Gasteiger partial charge < -0.3 is 14.2 Å². The van der Waals surface area contributed by atoms with Gasteiger partial charge in [-0.3, -0.25) is 9.59 Å². The number of hydrogen-bond acceptors (Lipinski definition) is 5. The van der Waals surface area contributed by atoms with Crippen molar-refractivity contribution < 1.29 is 23.8 Å². The Morgan fingerprint density at radius 1 is 1.33 bits per heavy atom. The summed E-state index contributed by atoms with van der Waals surface area (Å²) in [6, 6.07) is 5.63. The van der Waals surface area contributed by atoms with Crippen LogP contribution in [0.3, 0.4) is 0 Å². The molecule has 1 fully saturated rings. The first-order valence-corrected chi connectivity index (χ1v) is 8.50. The Bertz CT molecular complexity index is 602. The van der Waals surface area contributed by atoms with E-state index in [9.17, 15) is 9.59 Å². The van der Waals surface area contributed by atoms with Crippen LogP contribution in [0.4, 0.5) is 0 Å². The molecule has 0 radical (unpaired) electrons. The van der Waals surface area contributed by atoms with E-state index in [1.165, 1.54) is 0 Å². The van der Waals surface area contributed by atoms with Crippen molar-refractivity contribution in [2.45, 2.75) is 52.6 Å². The number of aryl methyl sites for hydroxylation is 1. The van der Waals surface area contributed by atoms with Crippen LogP contribution in [0.2, 0.25) is 0 Å². The van der Waals surface area contributed by atoms with E-state index >= 15 is 0 Å². The average Bonchev–Trinajstić information content (AvgIpc) is 3.32. The minimum atomic E-state index is -0.692. The van der Waals surface area contributed by atoms with Crippen molar-refractivity contribution in [2.75, 3.05) is 13.2 Å². The standard InChI is InChI=1S/C19H26O5/c1-5-6-7-17(20)22-11-19(12-23-19)15-9-8-14(4)10-16(15)24-18(21)13(2)3/h8-10,13H,5-7,11-12H2,1-4H3. The van der Waals surface area contributed by atoms with Gasteiger partial charge in [0.1, 0.15) is 12.4 Å². The van der Waals surface area contributed by atoms with Crippen molar-refractivity contribution in [2.24, 2.45) is 5.92 Å². The van der Waals surface area contributed by atoms with E-state index in [1.807, 2.05) is 32.0 Å². The monoisotopic (exact) mass is 334 g/mol. The quantitative estimate of drug-likeness (QED) is 0.413. The molecule has 1 aromatic rings. The van der Waals surface area contributed by atoms with Crippen molar-refractivity contribution in [1.29, 1.82) is 0 Å². The number of epoxide rings is 1. The molecule has 0 amide bonds. The second-order valence-electron chi connectivity index (χ2n) is 6.62. The predicted molar refractivity (Wildman–Crippen MR) is 89.8 cm³/mol. The van der Waals surface area contributed by atoms with E-state index in [2.05, 4.69) is 0 Å². The molecule has 5 nitrogen and oxygen atoms in total. The fraction of sp³-hybridized carbons (Fsp3) is 0.579. The fourth-order valence-electron chi connectivity index (χ4n) is 2.31. The smallest absolute Gasteiger partial charge is 0.313 e. The highest BCUT2D eigenvalue weighted by atomic mass is 16.6. The fourth-order valence-corrected chi connectivity index (χ4v) is 2.31. The molecule has 1 unspecified atom stereocenters. The molecule has 1 aliphatic rings. The van der Waals surface area contributed by atoms with E-state index in [1.54, 1.807) is 13.8 Å². The van der Waals surface area contributed by atoms with Crippen molar-refractivity contribution >= 4 is 11.9 Å². The Hall–Kier alpha value is -1.88. The van der Waals surface area contributed by atoms with Gasteiger partial charge in [-0.05, 0) is 25.0 Å². The molecule has 24 heavy (non-hydrogen) atoms. The van der Waals surface area contributed by atoms with Crippen molar-refractivity contribution in [3.05, 3.63) is 29.3 Å². The lowest BCUT2D eigenvalue weighted by atomic mass is 9.98. The molecule has 0 aliphatic carbocycles. The Kier molecular flexibility index (Phi) is 5.99. The maximum absolute atomic E-state index is 12.0. The van der Waals surface area contributed by atoms with Gasteiger partial charge in [0, 0.05) is 12.0 Å². The molecule has 0 spiro atoms. The van der Waals surface area contributed by atoms with E-state index < -0.39 is 5.60 Å². The number of esters is 2. The molecule has 0 bridgehead atoms. The van der Waals surface area contributed by atoms with E-state index in [0.717, 1.165) is 24.0 Å². The van der Waals surface area contributed by atoms with Crippen LogP contribution in [0.5, 0.6) is 5.75 Å². The van der Waals surface area contributed by atoms with E-state index in [0.29, 0.717) is 18.8 Å². The number of rotatable bonds is 8. The van der Waals surface area contributed by atoms with Crippen LogP contribution in [0.15, 0.2) is 18.2 Å². The number of carbonyl (C=O) groups excluding carboxylic acids is 2. The molecular formula is C19H26O5. The van der Waals surface area contributed by atoms with Gasteiger partial charge >= 0.3 is 11.9 Å². The molecule has 1 atom stereocenters. The number of ether oxygens (including phenoxy) is 3. The van der Waals surface area contributed by atoms with Crippen molar-refractivity contribution in [1.82, 2.24) is 0 Å². The number of unbranched alkanes of at least 4 members (excludes halogenated alkanes) is 1. The summed E-state index contributed by atoms with van der Waals surface area (Å²) in [4.78, 5) is 23.7. The topological polar surface area (TPSA) is 65.1 Å². The summed E-state index contributed by atoms with van der Waals surface area (Å²) >= 11 is 0. The van der Waals surface area contributed by atoms with Gasteiger partial charge in [-0.2, -0.15) is 0 Å². The van der Waals surface area contributed by atoms with Crippen molar-refractivity contribution in [3.63, 3.8) is 0 Å². The number of benzene rings is 1. The van der Waals surface area contributed by atoms with Crippen LogP contribution in [0.25, 0.3) is 0 Å². The van der Waals surface area contributed by atoms with Crippen LogP contribution in [-0.2, 0) is 24.7 Å². The molecule has 5 heteroatoms. The van der Waals surface area contributed by atoms with Crippen LogP contribution >= 0.6 is 0 Å². The Balaban J connectivity index is 2.12. The lowest BCUT2D eigenvalue weighted by Crippen LogP contribution is -2.23. The molecule has 0 N–H and O–H groups in total. The molecular weight excluding hydrogens is 308 g/mol. The van der Waals surface area contributed by atoms with Gasteiger partial charge in [0.2, 0.25) is 0 Å². The molecule has 1 heterocycles. The van der Waals surface area contributed by atoms with Gasteiger partial charge in [-0.1, -0.05) is 39.3 Å². The molecule has 2 rings (SSSR count). The summed E-state index contributed by atoms with van der Waals surface area (Å²) in [6.45, 7) is 8.13. The third-order valence-corrected chi connectivity index (χ3v) is 4.00. The largest absolute Gasteiger partial charge is 0.462 e. The first-order chi connectivity index (χ1) is 11.4. The molecule has 1 aliphatic heterocycles. The molecule has 1 saturated heterocycles. The zero-order chi connectivity index (χ0) is 17.7. The Morgan fingerprint density at radius 3 is 2.62 bits per heavy atom. The first kappa shape index (κ1) is 18.5. The Labute approximate surface area is 143 Å². The second-order valence-corrected chi connectivity index (χ2v) is 6.62. The van der Waals surface area contributed by atoms with Crippen molar-refractivity contribution in [3.8, 4) is 5.75 Å². The summed E-state index contributed by atoms with van der Waals surface area (Å²) in [6.07, 6.45) is 2.17. The summed E-state index contributed by atoms with van der Waals surface area (Å²) in [7, 11) is 0. The summed E-state index contributed by atoms with van der Waals surface area (Å²) in [5.41, 5.74) is 1.05. The highest BCUT2D eigenvalue weighted by Gasteiger charge is 2.50.